The topological polar surface area (TPSA) is 77.3 Å². The summed E-state index contributed by atoms with van der Waals surface area (Å²) >= 11 is 0. The van der Waals surface area contributed by atoms with Crippen LogP contribution in [0.5, 0.6) is 0 Å². The quantitative estimate of drug-likeness (QED) is 0.732. The van der Waals surface area contributed by atoms with Crippen molar-refractivity contribution in [3.05, 3.63) is 11.9 Å². The van der Waals surface area contributed by atoms with E-state index in [1.807, 2.05) is 0 Å². The molecule has 0 bridgehead atoms. The Labute approximate surface area is 111 Å². The number of aryl methyl sites for hydroxylation is 1. The highest BCUT2D eigenvalue weighted by molar-refractivity contribution is 5.92. The van der Waals surface area contributed by atoms with Gasteiger partial charge in [-0.25, -0.2) is 0 Å². The molecule has 0 N–H and O–H groups in total. The maximum Gasteiger partial charge on any atom is 0.310 e. The van der Waals surface area contributed by atoms with Crippen molar-refractivity contribution in [3.8, 4) is 0 Å². The van der Waals surface area contributed by atoms with Gasteiger partial charge in [-0.1, -0.05) is 5.21 Å². The molecular formula is C12H18N4O3. The number of carbonyl (C=O) groups excluding carboxylic acids is 2. The van der Waals surface area contributed by atoms with E-state index in [9.17, 15) is 9.59 Å². The van der Waals surface area contributed by atoms with Crippen molar-refractivity contribution in [2.45, 2.75) is 19.8 Å². The maximum absolute atomic E-state index is 12.2. The fourth-order valence-electron chi connectivity index (χ4n) is 2.22. The zero-order valence-corrected chi connectivity index (χ0v) is 11.2. The molecule has 1 aromatic rings. The van der Waals surface area contributed by atoms with Crippen LogP contribution in [0.2, 0.25) is 0 Å². The van der Waals surface area contributed by atoms with Crippen molar-refractivity contribution in [2.24, 2.45) is 13.0 Å². The van der Waals surface area contributed by atoms with E-state index in [2.05, 4.69) is 10.3 Å². The molecule has 19 heavy (non-hydrogen) atoms. The summed E-state index contributed by atoms with van der Waals surface area (Å²) in [7, 11) is 1.71. The van der Waals surface area contributed by atoms with Gasteiger partial charge in [0.2, 0.25) is 0 Å². The molecule has 0 aromatic carbocycles. The van der Waals surface area contributed by atoms with Gasteiger partial charge in [0.25, 0.3) is 5.91 Å². The van der Waals surface area contributed by atoms with Crippen LogP contribution in [0.4, 0.5) is 0 Å². The first kappa shape index (κ1) is 13.5. The van der Waals surface area contributed by atoms with Crippen molar-refractivity contribution in [2.75, 3.05) is 19.7 Å². The van der Waals surface area contributed by atoms with Crippen LogP contribution < -0.4 is 0 Å². The number of esters is 1. The monoisotopic (exact) mass is 266 g/mol. The Bertz CT molecular complexity index is 471. The Morgan fingerprint density at radius 3 is 2.95 bits per heavy atom. The van der Waals surface area contributed by atoms with Gasteiger partial charge in [-0.3, -0.25) is 14.3 Å². The molecule has 1 aliphatic heterocycles. The van der Waals surface area contributed by atoms with Crippen LogP contribution in [0, 0.1) is 5.92 Å². The molecule has 1 aromatic heterocycles. The van der Waals surface area contributed by atoms with Gasteiger partial charge in [0.15, 0.2) is 5.69 Å². The molecule has 2 rings (SSSR count). The molecule has 0 spiro atoms. The van der Waals surface area contributed by atoms with Crippen LogP contribution in [0.25, 0.3) is 0 Å². The number of amides is 1. The van der Waals surface area contributed by atoms with E-state index in [0.29, 0.717) is 25.4 Å². The molecule has 7 nitrogen and oxygen atoms in total. The van der Waals surface area contributed by atoms with Crippen molar-refractivity contribution < 1.29 is 14.3 Å². The van der Waals surface area contributed by atoms with Crippen LogP contribution in [0.15, 0.2) is 6.20 Å². The van der Waals surface area contributed by atoms with E-state index in [4.69, 9.17) is 4.74 Å². The molecule has 1 saturated heterocycles. The van der Waals surface area contributed by atoms with E-state index in [1.165, 1.54) is 4.68 Å². The van der Waals surface area contributed by atoms with Crippen molar-refractivity contribution in [3.63, 3.8) is 0 Å². The zero-order chi connectivity index (χ0) is 13.8. The fraction of sp³-hybridized carbons (Fsp3) is 0.667. The van der Waals surface area contributed by atoms with Crippen LogP contribution in [0.3, 0.4) is 0 Å². The molecule has 1 amide bonds. The smallest absolute Gasteiger partial charge is 0.310 e. The maximum atomic E-state index is 12.2. The third kappa shape index (κ3) is 3.10. The highest BCUT2D eigenvalue weighted by Gasteiger charge is 2.30. The van der Waals surface area contributed by atoms with Crippen LogP contribution in [0.1, 0.15) is 30.3 Å². The van der Waals surface area contributed by atoms with E-state index in [1.54, 1.807) is 25.1 Å². The highest BCUT2D eigenvalue weighted by atomic mass is 16.5. The fourth-order valence-corrected chi connectivity index (χ4v) is 2.22. The van der Waals surface area contributed by atoms with Gasteiger partial charge >= 0.3 is 5.97 Å². The molecule has 7 heteroatoms. The van der Waals surface area contributed by atoms with Gasteiger partial charge in [0, 0.05) is 20.1 Å². The minimum atomic E-state index is -0.227. The summed E-state index contributed by atoms with van der Waals surface area (Å²) in [6.07, 6.45) is 3.15. The number of carbonyl (C=O) groups is 2. The minimum absolute atomic E-state index is 0.179. The zero-order valence-electron chi connectivity index (χ0n) is 11.2. The second-order valence-electron chi connectivity index (χ2n) is 4.62. The highest BCUT2D eigenvalue weighted by Crippen LogP contribution is 2.19. The Morgan fingerprint density at radius 2 is 2.32 bits per heavy atom. The first-order valence-electron chi connectivity index (χ1n) is 6.44. The summed E-state index contributed by atoms with van der Waals surface area (Å²) in [6, 6.07) is 0. The van der Waals surface area contributed by atoms with Crippen LogP contribution >= 0.6 is 0 Å². The first-order valence-corrected chi connectivity index (χ1v) is 6.44. The van der Waals surface area contributed by atoms with Gasteiger partial charge in [0.1, 0.15) is 0 Å². The van der Waals surface area contributed by atoms with Crippen LogP contribution in [-0.4, -0.2) is 51.5 Å². The predicted molar refractivity (Wildman–Crippen MR) is 66.3 cm³/mol. The minimum Gasteiger partial charge on any atom is -0.466 e. The number of likely N-dealkylation sites (tertiary alicyclic amines) is 1. The SMILES string of the molecule is CCOC(=O)[C@H]1CCCN(C(=O)c2cn(C)nn2)C1. The van der Waals surface area contributed by atoms with E-state index in [-0.39, 0.29) is 17.8 Å². The number of piperidine rings is 1. The van der Waals surface area contributed by atoms with Crippen molar-refractivity contribution in [1.29, 1.82) is 0 Å². The Hall–Kier alpha value is -1.92. The first-order chi connectivity index (χ1) is 9.11. The normalized spacial score (nSPS) is 19.3. The third-order valence-electron chi connectivity index (χ3n) is 3.15. The summed E-state index contributed by atoms with van der Waals surface area (Å²) in [5, 5.41) is 7.55. The largest absolute Gasteiger partial charge is 0.466 e. The van der Waals surface area contributed by atoms with E-state index in [0.717, 1.165) is 12.8 Å². The number of rotatable bonds is 3. The van der Waals surface area contributed by atoms with Gasteiger partial charge in [0.05, 0.1) is 18.7 Å². The lowest BCUT2D eigenvalue weighted by atomic mass is 9.98. The summed E-state index contributed by atoms with van der Waals surface area (Å²) in [6.45, 7) is 3.19. The number of ether oxygens (including phenoxy) is 1. The molecule has 1 aliphatic rings. The van der Waals surface area contributed by atoms with Crippen molar-refractivity contribution in [1.82, 2.24) is 19.9 Å². The summed E-state index contributed by atoms with van der Waals surface area (Å²) in [5.41, 5.74) is 0.312. The van der Waals surface area contributed by atoms with E-state index < -0.39 is 0 Å². The van der Waals surface area contributed by atoms with Crippen LogP contribution in [-0.2, 0) is 16.6 Å². The second kappa shape index (κ2) is 5.81. The second-order valence-corrected chi connectivity index (χ2v) is 4.62. The lowest BCUT2D eigenvalue weighted by Gasteiger charge is -2.30. The summed E-state index contributed by atoms with van der Waals surface area (Å²) < 4.78 is 6.50. The molecule has 2 heterocycles. The summed E-state index contributed by atoms with van der Waals surface area (Å²) in [4.78, 5) is 25.6. The average Bonchev–Trinajstić information content (AvgIpc) is 2.85. The number of hydrogen-bond donors (Lipinski definition) is 0. The lowest BCUT2D eigenvalue weighted by molar-refractivity contribution is -0.149. The Balaban J connectivity index is 2.01. The molecule has 1 fully saturated rings. The molecular weight excluding hydrogens is 248 g/mol. The predicted octanol–water partition coefficient (Wildman–Crippen LogP) is 0.230. The molecule has 1 atom stereocenters. The van der Waals surface area contributed by atoms with Gasteiger partial charge in [-0.15, -0.1) is 5.10 Å². The van der Waals surface area contributed by atoms with Gasteiger partial charge in [-0.2, -0.15) is 0 Å². The lowest BCUT2D eigenvalue weighted by Crippen LogP contribution is -2.43. The molecule has 104 valence electrons. The number of nitrogens with zero attached hydrogens (tertiary/aromatic N) is 4. The summed E-state index contributed by atoms with van der Waals surface area (Å²) in [5.74, 6) is -0.629. The molecule has 0 aliphatic carbocycles. The Morgan fingerprint density at radius 1 is 1.53 bits per heavy atom. The average molecular weight is 266 g/mol. The molecule has 0 saturated carbocycles. The van der Waals surface area contributed by atoms with Gasteiger partial charge < -0.3 is 9.64 Å². The third-order valence-corrected chi connectivity index (χ3v) is 3.15. The molecule has 0 radical (unpaired) electrons. The van der Waals surface area contributed by atoms with Gasteiger partial charge in [-0.05, 0) is 19.8 Å². The Kier molecular flexibility index (Phi) is 4.13. The number of aromatic nitrogens is 3. The van der Waals surface area contributed by atoms with E-state index >= 15 is 0 Å². The molecule has 0 unspecified atom stereocenters. The standard InChI is InChI=1S/C12H18N4O3/c1-3-19-12(18)9-5-4-6-16(7-9)11(17)10-8-15(2)14-13-10/h8-9H,3-7H2,1-2H3/t9-/m0/s1. The number of hydrogen-bond acceptors (Lipinski definition) is 5. The van der Waals surface area contributed by atoms with Crippen molar-refractivity contribution >= 4 is 11.9 Å².